The molecule has 0 heterocycles. The minimum atomic E-state index is -0.929. The van der Waals surface area contributed by atoms with Crippen molar-refractivity contribution in [1.82, 2.24) is 4.90 Å². The Morgan fingerprint density at radius 3 is 2.62 bits per heavy atom. The number of hydrogen-bond acceptors (Lipinski definition) is 2. The van der Waals surface area contributed by atoms with Gasteiger partial charge >= 0.3 is 0 Å². The highest BCUT2D eigenvalue weighted by Gasteiger charge is 2.20. The van der Waals surface area contributed by atoms with Crippen molar-refractivity contribution in [3.05, 3.63) is 35.4 Å². The lowest BCUT2D eigenvalue weighted by molar-refractivity contribution is 0.0768. The van der Waals surface area contributed by atoms with E-state index in [-0.39, 0.29) is 5.56 Å². The van der Waals surface area contributed by atoms with Gasteiger partial charge in [0.1, 0.15) is 17.7 Å². The number of nitrogens with zero attached hydrogens (tertiary/aromatic N) is 2. The summed E-state index contributed by atoms with van der Waals surface area (Å²) in [5.74, 6) is -2.32. The zero-order valence-corrected chi connectivity index (χ0v) is 8.87. The van der Waals surface area contributed by atoms with E-state index < -0.39 is 23.6 Å². The Kier molecular flexibility index (Phi) is 3.56. The van der Waals surface area contributed by atoms with E-state index >= 15 is 0 Å². The summed E-state index contributed by atoms with van der Waals surface area (Å²) < 4.78 is 25.9. The summed E-state index contributed by atoms with van der Waals surface area (Å²) in [5, 5.41) is 8.62. The van der Waals surface area contributed by atoms with E-state index in [4.69, 9.17) is 5.26 Å². The van der Waals surface area contributed by atoms with Crippen LogP contribution >= 0.6 is 0 Å². The van der Waals surface area contributed by atoms with Gasteiger partial charge in [0.25, 0.3) is 5.91 Å². The summed E-state index contributed by atoms with van der Waals surface area (Å²) in [6.45, 7) is 1.51. The molecule has 1 atom stereocenters. The van der Waals surface area contributed by atoms with E-state index in [1.54, 1.807) is 0 Å². The third-order valence-electron chi connectivity index (χ3n) is 2.25. The fourth-order valence-corrected chi connectivity index (χ4v) is 1.12. The van der Waals surface area contributed by atoms with Crippen LogP contribution in [0.25, 0.3) is 0 Å². The van der Waals surface area contributed by atoms with Crippen molar-refractivity contribution in [2.45, 2.75) is 13.0 Å². The van der Waals surface area contributed by atoms with Crippen LogP contribution in [0, 0.1) is 23.0 Å². The first kappa shape index (κ1) is 12.1. The molecule has 0 fully saturated rings. The number of nitriles is 1. The molecule has 3 nitrogen and oxygen atoms in total. The molecular formula is C11H10F2N2O. The van der Waals surface area contributed by atoms with Gasteiger partial charge in [-0.1, -0.05) is 0 Å². The third kappa shape index (κ3) is 2.34. The Balaban J connectivity index is 3.02. The highest BCUT2D eigenvalue weighted by Crippen LogP contribution is 2.12. The van der Waals surface area contributed by atoms with E-state index in [0.29, 0.717) is 6.07 Å². The summed E-state index contributed by atoms with van der Waals surface area (Å²) in [5.41, 5.74) is -0.244. The molecule has 0 N–H and O–H groups in total. The molecule has 84 valence electrons. The maximum absolute atomic E-state index is 13.3. The Labute approximate surface area is 91.9 Å². The maximum Gasteiger partial charge on any atom is 0.257 e. The summed E-state index contributed by atoms with van der Waals surface area (Å²) in [4.78, 5) is 12.8. The molecule has 1 aromatic carbocycles. The molecule has 0 aliphatic heterocycles. The Hall–Kier alpha value is -1.96. The minimum Gasteiger partial charge on any atom is -0.326 e. The number of benzene rings is 1. The zero-order valence-electron chi connectivity index (χ0n) is 8.87. The molecule has 0 radical (unpaired) electrons. The molecule has 1 rings (SSSR count). The molecular weight excluding hydrogens is 214 g/mol. The highest BCUT2D eigenvalue weighted by atomic mass is 19.1. The van der Waals surface area contributed by atoms with Crippen LogP contribution in [-0.2, 0) is 0 Å². The second-order valence-corrected chi connectivity index (χ2v) is 3.35. The largest absolute Gasteiger partial charge is 0.326 e. The van der Waals surface area contributed by atoms with Gasteiger partial charge in [0, 0.05) is 13.1 Å². The summed E-state index contributed by atoms with van der Waals surface area (Å²) >= 11 is 0. The second-order valence-electron chi connectivity index (χ2n) is 3.35. The summed E-state index contributed by atoms with van der Waals surface area (Å²) in [6.07, 6.45) is 0. The van der Waals surface area contributed by atoms with Crippen LogP contribution in [0.4, 0.5) is 8.78 Å². The number of halogens is 2. The van der Waals surface area contributed by atoms with Gasteiger partial charge in [-0.15, -0.1) is 0 Å². The van der Waals surface area contributed by atoms with E-state index in [1.165, 1.54) is 14.0 Å². The topological polar surface area (TPSA) is 44.1 Å². The number of rotatable bonds is 2. The molecule has 0 saturated heterocycles. The van der Waals surface area contributed by atoms with Crippen LogP contribution < -0.4 is 0 Å². The standard InChI is InChI=1S/C11H10F2N2O/c1-7(6-14)15(2)11(16)9-4-3-8(12)5-10(9)13/h3-5,7H,1-2H3. The lowest BCUT2D eigenvalue weighted by atomic mass is 10.1. The van der Waals surface area contributed by atoms with E-state index in [1.807, 2.05) is 6.07 Å². The van der Waals surface area contributed by atoms with Gasteiger partial charge in [-0.3, -0.25) is 4.79 Å². The number of carbonyl (C=O) groups is 1. The molecule has 0 aromatic heterocycles. The number of hydrogen-bond donors (Lipinski definition) is 0. The maximum atomic E-state index is 13.3. The van der Waals surface area contributed by atoms with Gasteiger partial charge in [-0.2, -0.15) is 5.26 Å². The van der Waals surface area contributed by atoms with Gasteiger partial charge in [0.15, 0.2) is 0 Å². The van der Waals surface area contributed by atoms with Gasteiger partial charge in [0.2, 0.25) is 0 Å². The summed E-state index contributed by atoms with van der Waals surface area (Å²) in [6, 6.07) is 3.89. The van der Waals surface area contributed by atoms with Crippen molar-refractivity contribution in [2.75, 3.05) is 7.05 Å². The van der Waals surface area contributed by atoms with Gasteiger partial charge in [0.05, 0.1) is 11.6 Å². The molecule has 1 amide bonds. The van der Waals surface area contributed by atoms with Crippen molar-refractivity contribution in [3.63, 3.8) is 0 Å². The molecule has 0 spiro atoms. The van der Waals surface area contributed by atoms with E-state index in [9.17, 15) is 13.6 Å². The van der Waals surface area contributed by atoms with Gasteiger partial charge in [-0.05, 0) is 19.1 Å². The van der Waals surface area contributed by atoms with Gasteiger partial charge < -0.3 is 4.90 Å². The average molecular weight is 224 g/mol. The zero-order chi connectivity index (χ0) is 12.3. The molecule has 0 bridgehead atoms. The SMILES string of the molecule is CC(C#N)N(C)C(=O)c1ccc(F)cc1F. The van der Waals surface area contributed by atoms with Crippen molar-refractivity contribution < 1.29 is 13.6 Å². The lowest BCUT2D eigenvalue weighted by Gasteiger charge is -2.19. The molecule has 1 unspecified atom stereocenters. The lowest BCUT2D eigenvalue weighted by Crippen LogP contribution is -2.34. The quantitative estimate of drug-likeness (QED) is 0.770. The Bertz CT molecular complexity index is 454. The first-order valence-electron chi connectivity index (χ1n) is 4.59. The number of amides is 1. The van der Waals surface area contributed by atoms with Crippen molar-refractivity contribution in [3.8, 4) is 6.07 Å². The second kappa shape index (κ2) is 4.71. The average Bonchev–Trinajstić information content (AvgIpc) is 2.26. The molecule has 0 saturated carbocycles. The first-order valence-corrected chi connectivity index (χ1v) is 4.59. The van der Waals surface area contributed by atoms with Crippen LogP contribution in [0.15, 0.2) is 18.2 Å². The molecule has 5 heteroatoms. The van der Waals surface area contributed by atoms with Crippen LogP contribution in [-0.4, -0.2) is 23.9 Å². The van der Waals surface area contributed by atoms with Crippen LogP contribution in [0.3, 0.4) is 0 Å². The monoisotopic (exact) mass is 224 g/mol. The fraction of sp³-hybridized carbons (Fsp3) is 0.273. The first-order chi connectivity index (χ1) is 7.47. The van der Waals surface area contributed by atoms with Crippen molar-refractivity contribution >= 4 is 5.91 Å². The normalized spacial score (nSPS) is 11.7. The fourth-order valence-electron chi connectivity index (χ4n) is 1.12. The molecule has 0 aliphatic carbocycles. The predicted molar refractivity (Wildman–Crippen MR) is 53.5 cm³/mol. The number of carbonyl (C=O) groups excluding carboxylic acids is 1. The van der Waals surface area contributed by atoms with Gasteiger partial charge in [-0.25, -0.2) is 8.78 Å². The smallest absolute Gasteiger partial charge is 0.257 e. The highest BCUT2D eigenvalue weighted by molar-refractivity contribution is 5.94. The molecule has 0 aliphatic rings. The molecule has 1 aromatic rings. The van der Waals surface area contributed by atoms with Crippen molar-refractivity contribution in [2.24, 2.45) is 0 Å². The van der Waals surface area contributed by atoms with Crippen LogP contribution in [0.2, 0.25) is 0 Å². The van der Waals surface area contributed by atoms with E-state index in [2.05, 4.69) is 0 Å². The molecule has 16 heavy (non-hydrogen) atoms. The van der Waals surface area contributed by atoms with Crippen LogP contribution in [0.1, 0.15) is 17.3 Å². The predicted octanol–water partition coefficient (Wildman–Crippen LogP) is 1.95. The Morgan fingerprint density at radius 2 is 2.12 bits per heavy atom. The van der Waals surface area contributed by atoms with Crippen molar-refractivity contribution in [1.29, 1.82) is 5.26 Å². The third-order valence-corrected chi connectivity index (χ3v) is 2.25. The summed E-state index contributed by atoms with van der Waals surface area (Å²) in [7, 11) is 1.39. The van der Waals surface area contributed by atoms with Crippen LogP contribution in [0.5, 0.6) is 0 Å². The Morgan fingerprint density at radius 1 is 1.50 bits per heavy atom. The van der Waals surface area contributed by atoms with E-state index in [0.717, 1.165) is 17.0 Å². The minimum absolute atomic E-state index is 0.244.